The van der Waals surface area contributed by atoms with E-state index in [2.05, 4.69) is 15.5 Å². The first-order chi connectivity index (χ1) is 13.0. The summed E-state index contributed by atoms with van der Waals surface area (Å²) in [6.07, 6.45) is 3.59. The van der Waals surface area contributed by atoms with E-state index < -0.39 is 0 Å². The summed E-state index contributed by atoms with van der Waals surface area (Å²) in [6.45, 7) is 5.84. The van der Waals surface area contributed by atoms with Crippen LogP contribution >= 0.6 is 11.6 Å². The lowest BCUT2D eigenvalue weighted by Gasteiger charge is -2.30. The second-order valence-electron chi connectivity index (χ2n) is 6.68. The number of anilines is 1. The molecular formula is C19H29ClN4O3. The zero-order valence-electron chi connectivity index (χ0n) is 15.8. The summed E-state index contributed by atoms with van der Waals surface area (Å²) in [6, 6.07) is 4.91. The Kier molecular flexibility index (Phi) is 8.67. The Morgan fingerprint density at radius 2 is 2.04 bits per heavy atom. The lowest BCUT2D eigenvalue weighted by molar-refractivity contribution is -0.123. The summed E-state index contributed by atoms with van der Waals surface area (Å²) >= 11 is 6.11. The maximum absolute atomic E-state index is 11.9. The van der Waals surface area contributed by atoms with Crippen LogP contribution in [0.1, 0.15) is 32.6 Å². The lowest BCUT2D eigenvalue weighted by Crippen LogP contribution is -2.39. The normalized spacial score (nSPS) is 15.3. The quantitative estimate of drug-likeness (QED) is 0.559. The first kappa shape index (κ1) is 21.3. The van der Waals surface area contributed by atoms with Gasteiger partial charge < -0.3 is 26.0 Å². The third-order valence-corrected chi connectivity index (χ3v) is 4.96. The minimum Gasteiger partial charge on any atom is -0.492 e. The van der Waals surface area contributed by atoms with E-state index in [1.165, 1.54) is 0 Å². The standard InChI is InChI=1S/C19H29ClN4O3/c1-2-27-17-6-5-15(13-16(17)20)23-19(26)22-9-3-4-10-24-11-7-14(8-12-24)18(21)25/h5-6,13-14H,2-4,7-12H2,1H3,(H2,21,25)(H2,22,23,26). The molecule has 1 heterocycles. The van der Waals surface area contributed by atoms with Crippen LogP contribution in [-0.4, -0.2) is 49.6 Å². The van der Waals surface area contributed by atoms with Gasteiger partial charge in [-0.05, 0) is 70.4 Å². The van der Waals surface area contributed by atoms with Crippen molar-refractivity contribution in [3.05, 3.63) is 23.2 Å². The molecule has 4 N–H and O–H groups in total. The van der Waals surface area contributed by atoms with E-state index in [9.17, 15) is 9.59 Å². The van der Waals surface area contributed by atoms with Crippen LogP contribution in [0.2, 0.25) is 5.02 Å². The minimum absolute atomic E-state index is 0.0303. The van der Waals surface area contributed by atoms with Gasteiger partial charge in [0.25, 0.3) is 0 Å². The number of carbonyl (C=O) groups excluding carboxylic acids is 2. The van der Waals surface area contributed by atoms with Crippen molar-refractivity contribution in [1.82, 2.24) is 10.2 Å². The number of likely N-dealkylation sites (tertiary alicyclic amines) is 1. The Morgan fingerprint density at radius 1 is 1.30 bits per heavy atom. The van der Waals surface area contributed by atoms with Crippen LogP contribution in [0.25, 0.3) is 0 Å². The molecule has 1 aromatic carbocycles. The third kappa shape index (κ3) is 7.27. The van der Waals surface area contributed by atoms with Gasteiger partial charge >= 0.3 is 6.03 Å². The predicted molar refractivity (Wildman–Crippen MR) is 107 cm³/mol. The van der Waals surface area contributed by atoms with E-state index in [4.69, 9.17) is 22.1 Å². The molecule has 7 nitrogen and oxygen atoms in total. The first-order valence-corrected chi connectivity index (χ1v) is 9.86. The smallest absolute Gasteiger partial charge is 0.319 e. The van der Waals surface area contributed by atoms with E-state index >= 15 is 0 Å². The maximum atomic E-state index is 11.9. The highest BCUT2D eigenvalue weighted by molar-refractivity contribution is 6.32. The average Bonchev–Trinajstić information content (AvgIpc) is 2.64. The number of primary amides is 1. The average molecular weight is 397 g/mol. The topological polar surface area (TPSA) is 96.7 Å². The summed E-state index contributed by atoms with van der Waals surface area (Å²) in [5, 5.41) is 6.08. The second-order valence-corrected chi connectivity index (χ2v) is 7.09. The van der Waals surface area contributed by atoms with Crippen LogP contribution in [0.15, 0.2) is 18.2 Å². The molecule has 0 saturated carbocycles. The molecule has 1 aromatic rings. The number of urea groups is 1. The van der Waals surface area contributed by atoms with Gasteiger partial charge in [0.1, 0.15) is 5.75 Å². The van der Waals surface area contributed by atoms with Gasteiger partial charge in [0, 0.05) is 18.2 Å². The molecule has 0 aromatic heterocycles. The number of nitrogens with one attached hydrogen (secondary N) is 2. The molecule has 0 radical (unpaired) electrons. The molecule has 1 aliphatic rings. The van der Waals surface area contributed by atoms with Crippen molar-refractivity contribution in [3.8, 4) is 5.75 Å². The molecule has 150 valence electrons. The van der Waals surface area contributed by atoms with Gasteiger partial charge in [0.05, 0.1) is 11.6 Å². The Bertz CT molecular complexity index is 633. The number of unbranched alkanes of at least 4 members (excludes halogenated alkanes) is 1. The maximum Gasteiger partial charge on any atom is 0.319 e. The Morgan fingerprint density at radius 3 is 2.67 bits per heavy atom. The first-order valence-electron chi connectivity index (χ1n) is 9.48. The number of ether oxygens (including phenoxy) is 1. The van der Waals surface area contributed by atoms with Crippen LogP contribution in [-0.2, 0) is 4.79 Å². The zero-order chi connectivity index (χ0) is 19.6. The number of hydrogen-bond acceptors (Lipinski definition) is 4. The van der Waals surface area contributed by atoms with Crippen LogP contribution in [0, 0.1) is 5.92 Å². The monoisotopic (exact) mass is 396 g/mol. The van der Waals surface area contributed by atoms with E-state index in [1.807, 2.05) is 6.92 Å². The fraction of sp³-hybridized carbons (Fsp3) is 0.579. The molecular weight excluding hydrogens is 368 g/mol. The number of amides is 3. The van der Waals surface area contributed by atoms with E-state index in [1.54, 1.807) is 18.2 Å². The molecule has 0 atom stereocenters. The van der Waals surface area contributed by atoms with Crippen LogP contribution in [0.4, 0.5) is 10.5 Å². The van der Waals surface area contributed by atoms with Crippen molar-refractivity contribution >= 4 is 29.2 Å². The minimum atomic E-state index is -0.252. The zero-order valence-corrected chi connectivity index (χ0v) is 16.6. The Hall–Kier alpha value is -1.99. The molecule has 0 bridgehead atoms. The van der Waals surface area contributed by atoms with Crippen molar-refractivity contribution in [3.63, 3.8) is 0 Å². The van der Waals surface area contributed by atoms with E-state index in [0.29, 0.717) is 29.6 Å². The molecule has 3 amide bonds. The van der Waals surface area contributed by atoms with Crippen molar-refractivity contribution in [2.75, 3.05) is 38.1 Å². The molecule has 1 aliphatic heterocycles. The Labute approximate surface area is 165 Å². The van der Waals surface area contributed by atoms with Gasteiger partial charge in [-0.3, -0.25) is 4.79 Å². The third-order valence-electron chi connectivity index (χ3n) is 4.67. The predicted octanol–water partition coefficient (Wildman–Crippen LogP) is 2.84. The molecule has 0 spiro atoms. The summed E-state index contributed by atoms with van der Waals surface area (Å²) in [4.78, 5) is 25.5. The van der Waals surface area contributed by atoms with Crippen molar-refractivity contribution in [2.45, 2.75) is 32.6 Å². The van der Waals surface area contributed by atoms with Crippen LogP contribution in [0.3, 0.4) is 0 Å². The fourth-order valence-electron chi connectivity index (χ4n) is 3.13. The molecule has 8 heteroatoms. The van der Waals surface area contributed by atoms with Crippen molar-refractivity contribution in [2.24, 2.45) is 11.7 Å². The number of hydrogen-bond donors (Lipinski definition) is 3. The highest BCUT2D eigenvalue weighted by atomic mass is 35.5. The molecule has 27 heavy (non-hydrogen) atoms. The summed E-state index contributed by atoms with van der Waals surface area (Å²) < 4.78 is 5.37. The summed E-state index contributed by atoms with van der Waals surface area (Å²) in [5.41, 5.74) is 5.97. The van der Waals surface area contributed by atoms with Crippen molar-refractivity contribution in [1.29, 1.82) is 0 Å². The number of carbonyl (C=O) groups is 2. The lowest BCUT2D eigenvalue weighted by atomic mass is 9.96. The highest BCUT2D eigenvalue weighted by Gasteiger charge is 2.22. The van der Waals surface area contributed by atoms with Gasteiger partial charge in [0.2, 0.25) is 5.91 Å². The van der Waals surface area contributed by atoms with Gasteiger partial charge in [-0.25, -0.2) is 4.79 Å². The molecule has 0 unspecified atom stereocenters. The second kappa shape index (κ2) is 11.0. The van der Waals surface area contributed by atoms with Gasteiger partial charge in [-0.2, -0.15) is 0 Å². The number of piperidine rings is 1. The fourth-order valence-corrected chi connectivity index (χ4v) is 3.36. The van der Waals surface area contributed by atoms with E-state index in [0.717, 1.165) is 45.3 Å². The SMILES string of the molecule is CCOc1ccc(NC(=O)NCCCCN2CCC(C(N)=O)CC2)cc1Cl. The van der Waals surface area contributed by atoms with Gasteiger partial charge in [0.15, 0.2) is 0 Å². The number of rotatable bonds is 9. The molecule has 1 fully saturated rings. The van der Waals surface area contributed by atoms with E-state index in [-0.39, 0.29) is 17.9 Å². The largest absolute Gasteiger partial charge is 0.492 e. The molecule has 2 rings (SSSR count). The highest BCUT2D eigenvalue weighted by Crippen LogP contribution is 2.27. The number of nitrogens with zero attached hydrogens (tertiary/aromatic N) is 1. The number of nitrogens with two attached hydrogens (primary N) is 1. The van der Waals surface area contributed by atoms with Crippen LogP contribution < -0.4 is 21.1 Å². The Balaban J connectivity index is 1.59. The number of halogens is 1. The molecule has 1 saturated heterocycles. The van der Waals surface area contributed by atoms with Gasteiger partial charge in [-0.15, -0.1) is 0 Å². The van der Waals surface area contributed by atoms with Gasteiger partial charge in [-0.1, -0.05) is 11.6 Å². The van der Waals surface area contributed by atoms with Crippen molar-refractivity contribution < 1.29 is 14.3 Å². The summed E-state index contributed by atoms with van der Waals surface area (Å²) in [5.74, 6) is 0.450. The molecule has 0 aliphatic carbocycles. The van der Waals surface area contributed by atoms with Crippen LogP contribution in [0.5, 0.6) is 5.75 Å². The number of benzene rings is 1. The summed E-state index contributed by atoms with van der Waals surface area (Å²) in [7, 11) is 0.